The van der Waals surface area contributed by atoms with Crippen LogP contribution in [0.15, 0.2) is 52.2 Å². The molecule has 40 heavy (non-hydrogen) atoms. The number of fused-ring (bicyclic) bond motifs is 2. The van der Waals surface area contributed by atoms with E-state index < -0.39 is 10.0 Å². The number of nitrogens with zero attached hydrogens (tertiary/aromatic N) is 6. The van der Waals surface area contributed by atoms with Crippen LogP contribution in [-0.4, -0.2) is 91.9 Å². The van der Waals surface area contributed by atoms with Crippen molar-refractivity contribution in [2.24, 2.45) is 5.92 Å². The zero-order valence-electron chi connectivity index (χ0n) is 22.6. The monoisotopic (exact) mass is 596 g/mol. The number of hydrogen-bond donors (Lipinski definition) is 0. The number of hydrogen-bond acceptors (Lipinski definition) is 8. The molecule has 3 aromatic heterocycles. The van der Waals surface area contributed by atoms with Crippen molar-refractivity contribution in [2.45, 2.75) is 23.2 Å². The summed E-state index contributed by atoms with van der Waals surface area (Å²) in [4.78, 5) is 24.4. The van der Waals surface area contributed by atoms with Gasteiger partial charge in [0.25, 0.3) is 10.0 Å². The zero-order valence-corrected chi connectivity index (χ0v) is 25.0. The van der Waals surface area contributed by atoms with Crippen molar-refractivity contribution in [2.75, 3.05) is 57.7 Å². The van der Waals surface area contributed by atoms with Gasteiger partial charge in [-0.05, 0) is 30.0 Å². The van der Waals surface area contributed by atoms with Gasteiger partial charge in [-0.3, -0.25) is 18.9 Å². The van der Waals surface area contributed by atoms with Crippen molar-refractivity contribution in [1.82, 2.24) is 24.3 Å². The highest BCUT2D eigenvalue weighted by molar-refractivity contribution is 7.94. The van der Waals surface area contributed by atoms with E-state index in [4.69, 9.17) is 4.98 Å². The summed E-state index contributed by atoms with van der Waals surface area (Å²) in [5.41, 5.74) is 2.82. The van der Waals surface area contributed by atoms with Gasteiger partial charge < -0.3 is 9.47 Å². The van der Waals surface area contributed by atoms with E-state index in [0.717, 1.165) is 66.4 Å². The average molecular weight is 597 g/mol. The molecule has 1 saturated heterocycles. The summed E-state index contributed by atoms with van der Waals surface area (Å²) in [5.74, 6) is 0.430. The molecule has 2 unspecified atom stereocenters. The third kappa shape index (κ3) is 4.55. The summed E-state index contributed by atoms with van der Waals surface area (Å²) in [6.07, 6.45) is 2.96. The SMILES string of the molecule is CN(C)C(=O)CN1CCN(Cc2cnc(-c3cc4cccc5c4n3C3CC3CN5S(=O)(=O)c3cccs3)s2)CC1. The van der Waals surface area contributed by atoms with Gasteiger partial charge in [-0.15, -0.1) is 22.7 Å². The molecule has 2 aliphatic heterocycles. The first-order valence-corrected chi connectivity index (χ1v) is 16.7. The number of sulfonamides is 1. The number of benzene rings is 1. The molecule has 1 aromatic carbocycles. The fourth-order valence-electron chi connectivity index (χ4n) is 5.93. The van der Waals surface area contributed by atoms with Crippen LogP contribution in [-0.2, 0) is 21.4 Å². The molecule has 12 heteroatoms. The maximum atomic E-state index is 13.7. The molecule has 210 valence electrons. The van der Waals surface area contributed by atoms with Gasteiger partial charge in [-0.1, -0.05) is 18.2 Å². The molecule has 4 aromatic rings. The minimum absolute atomic E-state index is 0.146. The van der Waals surface area contributed by atoms with Gasteiger partial charge in [0.15, 0.2) is 0 Å². The van der Waals surface area contributed by atoms with Crippen molar-refractivity contribution in [3.8, 4) is 10.7 Å². The minimum Gasteiger partial charge on any atom is -0.348 e. The fraction of sp³-hybridized carbons (Fsp3) is 0.429. The van der Waals surface area contributed by atoms with E-state index in [9.17, 15) is 13.2 Å². The Kier molecular flexibility index (Phi) is 6.50. The quantitative estimate of drug-likeness (QED) is 0.323. The number of rotatable bonds is 7. The number of amides is 1. The molecule has 0 spiro atoms. The van der Waals surface area contributed by atoms with Gasteiger partial charge in [0, 0.05) is 81.8 Å². The molecule has 0 bridgehead atoms. The van der Waals surface area contributed by atoms with Crippen molar-refractivity contribution < 1.29 is 13.2 Å². The topological polar surface area (TPSA) is 82.0 Å². The van der Waals surface area contributed by atoms with Gasteiger partial charge in [0.1, 0.15) is 9.22 Å². The maximum absolute atomic E-state index is 13.7. The molecule has 0 N–H and O–H groups in total. The number of aromatic nitrogens is 2. The van der Waals surface area contributed by atoms with Crippen molar-refractivity contribution in [1.29, 1.82) is 0 Å². The molecule has 2 fully saturated rings. The highest BCUT2D eigenvalue weighted by atomic mass is 32.2. The van der Waals surface area contributed by atoms with E-state index in [1.165, 1.54) is 16.2 Å². The Hall–Kier alpha value is -2.77. The first-order valence-electron chi connectivity index (χ1n) is 13.6. The Morgan fingerprint density at radius 2 is 1.90 bits per heavy atom. The molecule has 2 atom stereocenters. The van der Waals surface area contributed by atoms with E-state index in [-0.39, 0.29) is 17.9 Å². The van der Waals surface area contributed by atoms with Gasteiger partial charge >= 0.3 is 0 Å². The van der Waals surface area contributed by atoms with Crippen LogP contribution in [0.4, 0.5) is 5.69 Å². The van der Waals surface area contributed by atoms with Crippen molar-refractivity contribution >= 4 is 55.2 Å². The standard InChI is InChI=1S/C28H32N6O3S3/c1-30(2)25(35)18-32-10-8-31(9-11-32)17-21-15-29-28(39-21)24-13-19-5-3-6-22-27(19)34(24)23-14-20(23)16-33(22)40(36,37)26-7-4-12-38-26/h3-7,12-13,15,20,23H,8-11,14,16-18H2,1-2H3. The number of anilines is 1. The molecule has 5 heterocycles. The maximum Gasteiger partial charge on any atom is 0.273 e. The molecule has 7 rings (SSSR count). The normalized spacial score (nSPS) is 21.4. The van der Waals surface area contributed by atoms with E-state index in [1.807, 2.05) is 23.7 Å². The Labute approximate surface area is 242 Å². The van der Waals surface area contributed by atoms with Crippen molar-refractivity contribution in [3.63, 3.8) is 0 Å². The summed E-state index contributed by atoms with van der Waals surface area (Å²) >= 11 is 2.99. The van der Waals surface area contributed by atoms with Gasteiger partial charge in [0.2, 0.25) is 5.91 Å². The number of para-hydroxylation sites is 1. The van der Waals surface area contributed by atoms with Crippen molar-refractivity contribution in [3.05, 3.63) is 52.9 Å². The number of thiazole rings is 1. The summed E-state index contributed by atoms with van der Waals surface area (Å²) in [6, 6.07) is 11.9. The Balaban J connectivity index is 1.15. The Morgan fingerprint density at radius 3 is 2.65 bits per heavy atom. The third-order valence-electron chi connectivity index (χ3n) is 8.24. The van der Waals surface area contributed by atoms with Gasteiger partial charge in [-0.2, -0.15) is 0 Å². The predicted octanol–water partition coefficient (Wildman–Crippen LogP) is 3.80. The highest BCUT2D eigenvalue weighted by Gasteiger charge is 2.47. The molecule has 1 aliphatic carbocycles. The summed E-state index contributed by atoms with van der Waals surface area (Å²) in [5, 5.41) is 3.84. The molecule has 3 aliphatic rings. The lowest BCUT2D eigenvalue weighted by atomic mass is 10.2. The highest BCUT2D eigenvalue weighted by Crippen LogP contribution is 2.53. The predicted molar refractivity (Wildman–Crippen MR) is 159 cm³/mol. The molecule has 1 amide bonds. The number of carbonyl (C=O) groups excluding carboxylic acids is 1. The van der Waals surface area contributed by atoms with Crippen LogP contribution in [0.2, 0.25) is 0 Å². The first-order chi connectivity index (χ1) is 19.3. The largest absolute Gasteiger partial charge is 0.348 e. The van der Waals surface area contributed by atoms with Gasteiger partial charge in [-0.25, -0.2) is 13.4 Å². The number of thiophene rings is 1. The van der Waals surface area contributed by atoms with Crippen LogP contribution in [0.25, 0.3) is 21.6 Å². The number of carbonyl (C=O) groups is 1. The van der Waals surface area contributed by atoms with Crippen LogP contribution in [0.1, 0.15) is 17.3 Å². The van der Waals surface area contributed by atoms with Crippen LogP contribution < -0.4 is 4.31 Å². The molecule has 0 radical (unpaired) electrons. The summed E-state index contributed by atoms with van der Waals surface area (Å²) in [7, 11) is -0.0192. The minimum atomic E-state index is -3.62. The molecular formula is C28H32N6O3S3. The Bertz CT molecular complexity index is 1670. The second-order valence-electron chi connectivity index (χ2n) is 11.1. The summed E-state index contributed by atoms with van der Waals surface area (Å²) < 4.78 is 31.7. The fourth-order valence-corrected chi connectivity index (χ4v) is 9.54. The zero-order chi connectivity index (χ0) is 27.6. The first kappa shape index (κ1) is 26.1. The lowest BCUT2D eigenvalue weighted by Crippen LogP contribution is -2.48. The Morgan fingerprint density at radius 1 is 1.10 bits per heavy atom. The smallest absolute Gasteiger partial charge is 0.273 e. The van der Waals surface area contributed by atoms with Crippen LogP contribution >= 0.6 is 22.7 Å². The van der Waals surface area contributed by atoms with Crippen LogP contribution in [0, 0.1) is 5.92 Å². The second-order valence-corrected chi connectivity index (χ2v) is 15.3. The van der Waals surface area contributed by atoms with E-state index in [0.29, 0.717) is 17.3 Å². The van der Waals surface area contributed by atoms with Crippen LogP contribution in [0.3, 0.4) is 0 Å². The van der Waals surface area contributed by atoms with E-state index >= 15 is 0 Å². The number of piperazine rings is 1. The third-order valence-corrected chi connectivity index (χ3v) is 12.4. The molecule has 1 saturated carbocycles. The average Bonchev–Trinajstić information content (AvgIpc) is 3.31. The lowest BCUT2D eigenvalue weighted by molar-refractivity contribution is -0.130. The second kappa shape index (κ2) is 9.95. The van der Waals surface area contributed by atoms with Crippen LogP contribution in [0.5, 0.6) is 0 Å². The van der Waals surface area contributed by atoms with E-state index in [2.05, 4.69) is 26.5 Å². The van der Waals surface area contributed by atoms with E-state index in [1.54, 1.807) is 46.8 Å². The molecule has 9 nitrogen and oxygen atoms in total. The number of likely N-dealkylation sites (N-methyl/N-ethyl adjacent to an activating group) is 1. The van der Waals surface area contributed by atoms with Gasteiger partial charge in [0.05, 0.1) is 23.4 Å². The lowest BCUT2D eigenvalue weighted by Gasteiger charge is -2.34. The summed E-state index contributed by atoms with van der Waals surface area (Å²) in [6.45, 7) is 5.45. The molecular weight excluding hydrogens is 565 g/mol.